The minimum absolute atomic E-state index is 0.858. The third kappa shape index (κ3) is 5.31. The van der Waals surface area contributed by atoms with Crippen molar-refractivity contribution < 1.29 is 0 Å². The molecule has 2 N–H and O–H groups in total. The summed E-state index contributed by atoms with van der Waals surface area (Å²) in [6.07, 6.45) is 9.62. The summed E-state index contributed by atoms with van der Waals surface area (Å²) < 4.78 is 0. The van der Waals surface area contributed by atoms with Gasteiger partial charge in [0.25, 0.3) is 0 Å². The van der Waals surface area contributed by atoms with Crippen LogP contribution in [-0.2, 0) is 0 Å². The maximum absolute atomic E-state index is 5.62. The van der Waals surface area contributed by atoms with Crippen LogP contribution in [0.25, 0.3) is 0 Å². The maximum atomic E-state index is 5.62. The molecule has 1 unspecified atom stereocenters. The van der Waals surface area contributed by atoms with Crippen molar-refractivity contribution in [1.82, 2.24) is 4.90 Å². The van der Waals surface area contributed by atoms with Crippen LogP contribution in [0.2, 0.25) is 0 Å². The van der Waals surface area contributed by atoms with Gasteiger partial charge in [-0.05, 0) is 64.1 Å². The number of nitrogens with two attached hydrogens (primary N) is 1. The summed E-state index contributed by atoms with van der Waals surface area (Å²) in [7, 11) is 2.28. The van der Waals surface area contributed by atoms with E-state index in [0.717, 1.165) is 18.4 Å². The molecule has 1 fully saturated rings. The van der Waals surface area contributed by atoms with Crippen molar-refractivity contribution in [3.8, 4) is 0 Å². The van der Waals surface area contributed by atoms with E-state index in [1.165, 1.54) is 58.0 Å². The van der Waals surface area contributed by atoms with Gasteiger partial charge in [-0.25, -0.2) is 0 Å². The molecule has 2 heteroatoms. The summed E-state index contributed by atoms with van der Waals surface area (Å²) >= 11 is 0. The zero-order valence-electron chi connectivity index (χ0n) is 11.3. The fraction of sp³-hybridized carbons (Fsp3) is 1.00. The molecule has 0 aliphatic heterocycles. The zero-order valence-corrected chi connectivity index (χ0v) is 11.3. The predicted octanol–water partition coefficient (Wildman–Crippen LogP) is 2.87. The molecule has 96 valence electrons. The molecule has 0 heterocycles. The van der Waals surface area contributed by atoms with E-state index in [0.29, 0.717) is 0 Å². The highest BCUT2D eigenvalue weighted by Gasteiger charge is 2.18. The number of rotatable bonds is 9. The first kappa shape index (κ1) is 14.0. The van der Waals surface area contributed by atoms with E-state index in [1.807, 2.05) is 0 Å². The average molecular weight is 226 g/mol. The molecule has 0 spiro atoms. The maximum Gasteiger partial charge on any atom is 0.000661 e. The Hall–Kier alpha value is -0.0800. The van der Waals surface area contributed by atoms with Gasteiger partial charge in [-0.15, -0.1) is 0 Å². The van der Waals surface area contributed by atoms with E-state index in [-0.39, 0.29) is 0 Å². The molecule has 0 bridgehead atoms. The number of hydrogen-bond acceptors (Lipinski definition) is 2. The number of hydrogen-bond donors (Lipinski definition) is 1. The van der Waals surface area contributed by atoms with Crippen LogP contribution in [0.4, 0.5) is 0 Å². The Morgan fingerprint density at radius 3 is 2.56 bits per heavy atom. The molecule has 0 saturated heterocycles. The van der Waals surface area contributed by atoms with Crippen molar-refractivity contribution in [2.75, 3.05) is 26.7 Å². The van der Waals surface area contributed by atoms with Crippen molar-refractivity contribution in [3.63, 3.8) is 0 Å². The van der Waals surface area contributed by atoms with Gasteiger partial charge in [0.05, 0.1) is 0 Å². The minimum Gasteiger partial charge on any atom is -0.330 e. The second kappa shape index (κ2) is 8.08. The first-order chi connectivity index (χ1) is 7.76. The second-order valence-corrected chi connectivity index (χ2v) is 5.55. The largest absolute Gasteiger partial charge is 0.330 e. The van der Waals surface area contributed by atoms with Crippen molar-refractivity contribution in [2.45, 2.75) is 51.9 Å². The van der Waals surface area contributed by atoms with Crippen molar-refractivity contribution in [1.29, 1.82) is 0 Å². The highest BCUT2D eigenvalue weighted by atomic mass is 15.1. The first-order valence-electron chi connectivity index (χ1n) is 7.14. The first-order valence-corrected chi connectivity index (χ1v) is 7.14. The molecule has 1 aliphatic carbocycles. The summed E-state index contributed by atoms with van der Waals surface area (Å²) in [5, 5.41) is 0. The molecule has 16 heavy (non-hydrogen) atoms. The third-order valence-electron chi connectivity index (χ3n) is 4.10. The zero-order chi connectivity index (χ0) is 11.8. The molecule has 0 amide bonds. The molecular weight excluding hydrogens is 196 g/mol. The van der Waals surface area contributed by atoms with E-state index < -0.39 is 0 Å². The molecule has 1 aliphatic rings. The Bertz CT molecular complexity index is 166. The topological polar surface area (TPSA) is 29.3 Å². The molecule has 1 saturated carbocycles. The Kier molecular flexibility index (Phi) is 7.06. The molecule has 0 aromatic carbocycles. The second-order valence-electron chi connectivity index (χ2n) is 5.55. The van der Waals surface area contributed by atoms with Gasteiger partial charge in [0.2, 0.25) is 0 Å². The van der Waals surface area contributed by atoms with Crippen LogP contribution < -0.4 is 5.73 Å². The van der Waals surface area contributed by atoms with E-state index >= 15 is 0 Å². The monoisotopic (exact) mass is 226 g/mol. The highest BCUT2D eigenvalue weighted by Crippen LogP contribution is 2.26. The summed E-state index contributed by atoms with van der Waals surface area (Å²) in [4.78, 5) is 2.53. The molecule has 0 aromatic heterocycles. The molecular formula is C14H30N2. The molecule has 2 nitrogen and oxygen atoms in total. The van der Waals surface area contributed by atoms with Crippen LogP contribution in [0.1, 0.15) is 51.9 Å². The van der Waals surface area contributed by atoms with E-state index in [4.69, 9.17) is 5.73 Å². The van der Waals surface area contributed by atoms with E-state index in [9.17, 15) is 0 Å². The lowest BCUT2D eigenvalue weighted by molar-refractivity contribution is 0.200. The highest BCUT2D eigenvalue weighted by molar-refractivity contribution is 4.72. The molecule has 1 rings (SSSR count). The van der Waals surface area contributed by atoms with Crippen LogP contribution in [0.15, 0.2) is 0 Å². The summed E-state index contributed by atoms with van der Waals surface area (Å²) in [5.41, 5.74) is 5.62. The lowest BCUT2D eigenvalue weighted by Gasteiger charge is -2.30. The average Bonchev–Trinajstić information content (AvgIpc) is 2.22. The van der Waals surface area contributed by atoms with Gasteiger partial charge in [-0.1, -0.05) is 19.8 Å². The Labute approximate surface area is 102 Å². The van der Waals surface area contributed by atoms with Crippen LogP contribution >= 0.6 is 0 Å². The van der Waals surface area contributed by atoms with Gasteiger partial charge in [0.1, 0.15) is 0 Å². The lowest BCUT2D eigenvalue weighted by Crippen LogP contribution is -2.30. The standard InChI is InChI=1S/C14H30N2/c1-3-13(9-10-15)8-5-11-16(2)12-14-6-4-7-14/h13-14H,3-12,15H2,1-2H3. The normalized spacial score (nSPS) is 18.8. The Balaban J connectivity index is 1.99. The lowest BCUT2D eigenvalue weighted by atomic mass is 9.85. The van der Waals surface area contributed by atoms with Crippen molar-refractivity contribution in [3.05, 3.63) is 0 Å². The number of nitrogens with zero attached hydrogens (tertiary/aromatic N) is 1. The minimum atomic E-state index is 0.858. The molecule has 0 aromatic rings. The fourth-order valence-electron chi connectivity index (χ4n) is 2.65. The third-order valence-corrected chi connectivity index (χ3v) is 4.10. The van der Waals surface area contributed by atoms with Crippen molar-refractivity contribution in [2.24, 2.45) is 17.6 Å². The van der Waals surface area contributed by atoms with E-state index in [1.54, 1.807) is 0 Å². The summed E-state index contributed by atoms with van der Waals surface area (Å²) in [6, 6.07) is 0. The Morgan fingerprint density at radius 1 is 1.31 bits per heavy atom. The van der Waals surface area contributed by atoms with Crippen LogP contribution in [0, 0.1) is 11.8 Å². The predicted molar refractivity (Wildman–Crippen MR) is 71.5 cm³/mol. The Morgan fingerprint density at radius 2 is 2.06 bits per heavy atom. The smallest absolute Gasteiger partial charge is 0.000661 e. The fourth-order valence-corrected chi connectivity index (χ4v) is 2.65. The van der Waals surface area contributed by atoms with Gasteiger partial charge < -0.3 is 10.6 Å². The van der Waals surface area contributed by atoms with Crippen LogP contribution in [-0.4, -0.2) is 31.6 Å². The van der Waals surface area contributed by atoms with Crippen molar-refractivity contribution >= 4 is 0 Å². The van der Waals surface area contributed by atoms with Crippen LogP contribution in [0.3, 0.4) is 0 Å². The van der Waals surface area contributed by atoms with Gasteiger partial charge in [-0.2, -0.15) is 0 Å². The van der Waals surface area contributed by atoms with Gasteiger partial charge in [-0.3, -0.25) is 0 Å². The molecule has 0 radical (unpaired) electrons. The SMILES string of the molecule is CCC(CCN)CCCN(C)CC1CCC1. The van der Waals surface area contributed by atoms with Gasteiger partial charge >= 0.3 is 0 Å². The summed E-state index contributed by atoms with van der Waals surface area (Å²) in [6.45, 7) is 5.75. The summed E-state index contributed by atoms with van der Waals surface area (Å²) in [5.74, 6) is 1.87. The van der Waals surface area contributed by atoms with Gasteiger partial charge in [0.15, 0.2) is 0 Å². The quantitative estimate of drug-likeness (QED) is 0.655. The van der Waals surface area contributed by atoms with E-state index in [2.05, 4.69) is 18.9 Å². The molecule has 1 atom stereocenters. The van der Waals surface area contributed by atoms with Gasteiger partial charge in [0, 0.05) is 6.54 Å². The van der Waals surface area contributed by atoms with Crippen LogP contribution in [0.5, 0.6) is 0 Å².